The second-order valence-corrected chi connectivity index (χ2v) is 3.81. The highest BCUT2D eigenvalue weighted by atomic mass is 16.5. The van der Waals surface area contributed by atoms with Crippen LogP contribution in [0.4, 0.5) is 11.4 Å². The highest BCUT2D eigenvalue weighted by Gasteiger charge is 2.07. The lowest BCUT2D eigenvalue weighted by Gasteiger charge is -2.10. The molecule has 1 aromatic carbocycles. The standard InChI is InChI=1S/C13H20N2O3/c1-3-18-8-4-5-13(16)15-11-9-10(14)6-7-12(11)17-2/h6-7,9H,3-5,8,14H2,1-2H3,(H,15,16). The molecule has 0 fully saturated rings. The summed E-state index contributed by atoms with van der Waals surface area (Å²) in [4.78, 5) is 11.7. The minimum absolute atomic E-state index is 0.0707. The first-order chi connectivity index (χ1) is 8.67. The Balaban J connectivity index is 2.50. The SMILES string of the molecule is CCOCCCC(=O)Nc1cc(N)ccc1OC. The van der Waals surface area contributed by atoms with Crippen molar-refractivity contribution >= 4 is 17.3 Å². The van der Waals surface area contributed by atoms with Gasteiger partial charge in [0.2, 0.25) is 5.91 Å². The maximum atomic E-state index is 11.7. The maximum absolute atomic E-state index is 11.7. The van der Waals surface area contributed by atoms with E-state index >= 15 is 0 Å². The minimum Gasteiger partial charge on any atom is -0.495 e. The Labute approximate surface area is 107 Å². The van der Waals surface area contributed by atoms with Crippen LogP contribution in [0.5, 0.6) is 5.75 Å². The Hall–Kier alpha value is -1.75. The van der Waals surface area contributed by atoms with Gasteiger partial charge in [-0.15, -0.1) is 0 Å². The maximum Gasteiger partial charge on any atom is 0.224 e. The molecule has 5 nitrogen and oxygen atoms in total. The van der Waals surface area contributed by atoms with E-state index in [1.807, 2.05) is 6.92 Å². The van der Waals surface area contributed by atoms with Gasteiger partial charge in [-0.25, -0.2) is 0 Å². The zero-order chi connectivity index (χ0) is 13.4. The van der Waals surface area contributed by atoms with Gasteiger partial charge in [-0.3, -0.25) is 4.79 Å². The molecule has 0 unspecified atom stereocenters. The van der Waals surface area contributed by atoms with Gasteiger partial charge < -0.3 is 20.5 Å². The molecule has 0 saturated carbocycles. The van der Waals surface area contributed by atoms with Gasteiger partial charge >= 0.3 is 0 Å². The summed E-state index contributed by atoms with van der Waals surface area (Å²) in [7, 11) is 1.55. The van der Waals surface area contributed by atoms with Crippen molar-refractivity contribution in [3.05, 3.63) is 18.2 Å². The van der Waals surface area contributed by atoms with E-state index in [2.05, 4.69) is 5.32 Å². The zero-order valence-electron chi connectivity index (χ0n) is 10.9. The van der Waals surface area contributed by atoms with E-state index in [4.69, 9.17) is 15.2 Å². The first-order valence-electron chi connectivity index (χ1n) is 5.98. The average Bonchev–Trinajstić information content (AvgIpc) is 2.35. The van der Waals surface area contributed by atoms with Crippen LogP contribution in [-0.2, 0) is 9.53 Å². The lowest BCUT2D eigenvalue weighted by atomic mass is 10.2. The number of carbonyl (C=O) groups is 1. The molecule has 0 aromatic heterocycles. The number of ether oxygens (including phenoxy) is 2. The summed E-state index contributed by atoms with van der Waals surface area (Å²) in [5.41, 5.74) is 6.85. The molecule has 0 saturated heterocycles. The minimum atomic E-state index is -0.0707. The van der Waals surface area contributed by atoms with E-state index in [-0.39, 0.29) is 5.91 Å². The van der Waals surface area contributed by atoms with E-state index in [0.29, 0.717) is 43.2 Å². The van der Waals surface area contributed by atoms with Gasteiger partial charge in [0.25, 0.3) is 0 Å². The van der Waals surface area contributed by atoms with Crippen molar-refractivity contribution in [1.82, 2.24) is 0 Å². The summed E-state index contributed by atoms with van der Waals surface area (Å²) in [5, 5.41) is 2.78. The van der Waals surface area contributed by atoms with E-state index < -0.39 is 0 Å². The van der Waals surface area contributed by atoms with Crippen molar-refractivity contribution in [3.8, 4) is 5.75 Å². The molecule has 1 amide bonds. The van der Waals surface area contributed by atoms with Crippen LogP contribution in [0.15, 0.2) is 18.2 Å². The van der Waals surface area contributed by atoms with Crippen LogP contribution in [0.3, 0.4) is 0 Å². The number of methoxy groups -OCH3 is 1. The number of carbonyl (C=O) groups excluding carboxylic acids is 1. The van der Waals surface area contributed by atoms with Crippen molar-refractivity contribution in [1.29, 1.82) is 0 Å². The number of nitrogen functional groups attached to an aromatic ring is 1. The van der Waals surface area contributed by atoms with Gasteiger partial charge in [-0.1, -0.05) is 0 Å². The lowest BCUT2D eigenvalue weighted by Crippen LogP contribution is -2.13. The Morgan fingerprint density at radius 3 is 2.89 bits per heavy atom. The number of anilines is 2. The van der Waals surface area contributed by atoms with Crippen LogP contribution in [0.1, 0.15) is 19.8 Å². The summed E-state index contributed by atoms with van der Waals surface area (Å²) >= 11 is 0. The van der Waals surface area contributed by atoms with Crippen LogP contribution in [0.25, 0.3) is 0 Å². The number of nitrogens with one attached hydrogen (secondary N) is 1. The second kappa shape index (κ2) is 7.55. The predicted molar refractivity (Wildman–Crippen MR) is 71.8 cm³/mol. The smallest absolute Gasteiger partial charge is 0.224 e. The van der Waals surface area contributed by atoms with Crippen LogP contribution in [0.2, 0.25) is 0 Å². The van der Waals surface area contributed by atoms with Crippen LogP contribution >= 0.6 is 0 Å². The van der Waals surface area contributed by atoms with E-state index in [0.717, 1.165) is 0 Å². The Kier molecular flexibility index (Phi) is 6.00. The number of rotatable bonds is 7. The zero-order valence-corrected chi connectivity index (χ0v) is 10.9. The van der Waals surface area contributed by atoms with Gasteiger partial charge in [0.1, 0.15) is 5.75 Å². The van der Waals surface area contributed by atoms with Gasteiger partial charge in [0.15, 0.2) is 0 Å². The summed E-state index contributed by atoms with van der Waals surface area (Å²) in [6.07, 6.45) is 1.11. The predicted octanol–water partition coefficient (Wildman–Crippen LogP) is 2.03. The first kappa shape index (κ1) is 14.3. The molecule has 5 heteroatoms. The van der Waals surface area contributed by atoms with Crippen molar-refractivity contribution in [2.75, 3.05) is 31.4 Å². The van der Waals surface area contributed by atoms with Crippen molar-refractivity contribution in [2.45, 2.75) is 19.8 Å². The molecular weight excluding hydrogens is 232 g/mol. The summed E-state index contributed by atoms with van der Waals surface area (Å²) < 4.78 is 10.3. The molecule has 0 radical (unpaired) electrons. The Morgan fingerprint density at radius 1 is 1.44 bits per heavy atom. The molecular formula is C13H20N2O3. The third-order valence-electron chi connectivity index (χ3n) is 2.39. The third-order valence-corrected chi connectivity index (χ3v) is 2.39. The monoisotopic (exact) mass is 252 g/mol. The van der Waals surface area contributed by atoms with Crippen LogP contribution in [0, 0.1) is 0 Å². The largest absolute Gasteiger partial charge is 0.495 e. The number of hydrogen-bond donors (Lipinski definition) is 2. The van der Waals surface area contributed by atoms with Gasteiger partial charge in [0, 0.05) is 25.3 Å². The van der Waals surface area contributed by atoms with E-state index in [9.17, 15) is 4.79 Å². The molecule has 3 N–H and O–H groups in total. The topological polar surface area (TPSA) is 73.6 Å². The van der Waals surface area contributed by atoms with Crippen LogP contribution in [-0.4, -0.2) is 26.2 Å². The van der Waals surface area contributed by atoms with Crippen molar-refractivity contribution < 1.29 is 14.3 Å². The molecule has 0 spiro atoms. The summed E-state index contributed by atoms with van der Waals surface area (Å²) in [6, 6.07) is 5.13. The van der Waals surface area contributed by atoms with Gasteiger partial charge in [-0.2, -0.15) is 0 Å². The number of hydrogen-bond acceptors (Lipinski definition) is 4. The van der Waals surface area contributed by atoms with Crippen molar-refractivity contribution in [2.24, 2.45) is 0 Å². The quantitative estimate of drug-likeness (QED) is 0.575. The number of nitrogens with two attached hydrogens (primary N) is 1. The van der Waals surface area contributed by atoms with E-state index in [1.165, 1.54) is 0 Å². The molecule has 0 bridgehead atoms. The van der Waals surface area contributed by atoms with Gasteiger partial charge in [0.05, 0.1) is 12.8 Å². The third kappa shape index (κ3) is 4.63. The average molecular weight is 252 g/mol. The normalized spacial score (nSPS) is 10.1. The van der Waals surface area contributed by atoms with Gasteiger partial charge in [-0.05, 0) is 31.5 Å². The van der Waals surface area contributed by atoms with E-state index in [1.54, 1.807) is 25.3 Å². The molecule has 0 heterocycles. The van der Waals surface area contributed by atoms with Crippen LogP contribution < -0.4 is 15.8 Å². The number of benzene rings is 1. The highest BCUT2D eigenvalue weighted by molar-refractivity contribution is 5.92. The number of amides is 1. The summed E-state index contributed by atoms with van der Waals surface area (Å²) in [6.45, 7) is 3.19. The molecule has 1 rings (SSSR count). The highest BCUT2D eigenvalue weighted by Crippen LogP contribution is 2.26. The first-order valence-corrected chi connectivity index (χ1v) is 5.98. The molecule has 0 aliphatic carbocycles. The fourth-order valence-electron chi connectivity index (χ4n) is 1.52. The molecule has 1 aromatic rings. The molecule has 18 heavy (non-hydrogen) atoms. The fourth-order valence-corrected chi connectivity index (χ4v) is 1.52. The fraction of sp³-hybridized carbons (Fsp3) is 0.462. The lowest BCUT2D eigenvalue weighted by molar-refractivity contribution is -0.116. The molecule has 0 atom stereocenters. The molecule has 100 valence electrons. The molecule has 0 aliphatic heterocycles. The Morgan fingerprint density at radius 2 is 2.22 bits per heavy atom. The second-order valence-electron chi connectivity index (χ2n) is 3.81. The molecule has 0 aliphatic rings. The van der Waals surface area contributed by atoms with Crippen molar-refractivity contribution in [3.63, 3.8) is 0 Å². The Bertz CT molecular complexity index is 394. The summed E-state index contributed by atoms with van der Waals surface area (Å²) in [5.74, 6) is 0.529.